The molecule has 198 valence electrons. The Labute approximate surface area is 213 Å². The molecule has 3 nitrogen and oxygen atoms in total. The summed E-state index contributed by atoms with van der Waals surface area (Å²) >= 11 is 0. The van der Waals surface area contributed by atoms with Crippen molar-refractivity contribution in [3.63, 3.8) is 0 Å². The van der Waals surface area contributed by atoms with Crippen molar-refractivity contribution in [2.45, 2.75) is 174 Å². The van der Waals surface area contributed by atoms with Crippen molar-refractivity contribution in [3.8, 4) is 0 Å². The van der Waals surface area contributed by atoms with Crippen LogP contribution >= 0.6 is 0 Å². The molecule has 0 radical (unpaired) electrons. The van der Waals surface area contributed by atoms with E-state index < -0.39 is 27.9 Å². The zero-order valence-electron chi connectivity index (χ0n) is 22.9. The van der Waals surface area contributed by atoms with Crippen molar-refractivity contribution in [2.24, 2.45) is 0 Å². The Balaban J connectivity index is 2.27. The fraction of sp³-hybridized carbons (Fsp3) is 1.00. The average Bonchev–Trinajstić information content (AvgIpc) is 2.82. The molecule has 1 saturated heterocycles. The quantitative estimate of drug-likeness (QED) is 0.0946. The first kappa shape index (κ1) is 31.6. The van der Waals surface area contributed by atoms with Gasteiger partial charge in [0.2, 0.25) is 0 Å². The largest absolute Gasteiger partial charge is 0.420 e. The van der Waals surface area contributed by atoms with Crippen molar-refractivity contribution >= 4 is 27.9 Å². The van der Waals surface area contributed by atoms with Crippen molar-refractivity contribution in [1.29, 1.82) is 0 Å². The van der Waals surface area contributed by atoms with Gasteiger partial charge in [-0.15, -0.1) is 0 Å². The molecule has 1 fully saturated rings. The van der Waals surface area contributed by atoms with Gasteiger partial charge in [0.15, 0.2) is 0 Å². The Morgan fingerprint density at radius 2 is 0.515 bits per heavy atom. The van der Waals surface area contributed by atoms with Crippen molar-refractivity contribution in [2.75, 3.05) is 0 Å². The number of hydrogen-bond donors (Lipinski definition) is 0. The Kier molecular flexibility index (Phi) is 23.2. The van der Waals surface area contributed by atoms with Crippen LogP contribution in [0.15, 0.2) is 0 Å². The minimum Gasteiger partial charge on any atom is -0.420 e. The molecule has 0 aliphatic carbocycles. The van der Waals surface area contributed by atoms with Gasteiger partial charge >= 0.3 is 27.9 Å². The predicted octanol–water partition coefficient (Wildman–Crippen LogP) is 8.96. The van der Waals surface area contributed by atoms with Gasteiger partial charge in [-0.05, 0) is 18.1 Å². The van der Waals surface area contributed by atoms with Gasteiger partial charge in [-0.3, -0.25) is 0 Å². The van der Waals surface area contributed by atoms with Gasteiger partial charge in [0, 0.05) is 0 Å². The summed E-state index contributed by atoms with van der Waals surface area (Å²) in [6, 6.07) is 3.70. The van der Waals surface area contributed by atoms with Crippen LogP contribution in [0.3, 0.4) is 0 Å². The van der Waals surface area contributed by atoms with Gasteiger partial charge in [0.25, 0.3) is 0 Å². The summed E-state index contributed by atoms with van der Waals surface area (Å²) in [7, 11) is -4.37. The zero-order chi connectivity index (χ0) is 23.8. The third-order valence-electron chi connectivity index (χ3n) is 7.04. The molecule has 0 saturated carbocycles. The molecular formula is C27H60O3Si3. The molecule has 0 aromatic rings. The van der Waals surface area contributed by atoms with Crippen LogP contribution in [0.1, 0.15) is 156 Å². The Hall–Kier alpha value is 0.531. The maximum Gasteiger partial charge on any atom is 0.303 e. The molecule has 33 heavy (non-hydrogen) atoms. The summed E-state index contributed by atoms with van der Waals surface area (Å²) in [4.78, 5) is 0. The number of hydrogen-bond acceptors (Lipinski definition) is 3. The standard InChI is InChI=1S/C27H60O3Si3/c1-4-7-10-13-16-19-22-25-31-28-32(26-23-20-17-14-11-8-5-2)30-33(29-31)27-24-21-18-15-12-9-6-3/h31-33H,4-27H2,1-3H3. The first-order chi connectivity index (χ1) is 16.3. The van der Waals surface area contributed by atoms with Crippen LogP contribution in [-0.2, 0) is 12.3 Å². The van der Waals surface area contributed by atoms with Crippen LogP contribution in [0.5, 0.6) is 0 Å². The summed E-state index contributed by atoms with van der Waals surface area (Å²) < 4.78 is 19.6. The Morgan fingerprint density at radius 1 is 0.303 bits per heavy atom. The van der Waals surface area contributed by atoms with Crippen LogP contribution in [0, 0.1) is 0 Å². The lowest BCUT2D eigenvalue weighted by Gasteiger charge is -2.34. The van der Waals surface area contributed by atoms with E-state index in [4.69, 9.17) is 12.3 Å². The average molecular weight is 517 g/mol. The molecule has 1 aliphatic heterocycles. The van der Waals surface area contributed by atoms with E-state index in [1.165, 1.54) is 153 Å². The van der Waals surface area contributed by atoms with E-state index in [9.17, 15) is 0 Å². The van der Waals surface area contributed by atoms with Gasteiger partial charge in [-0.1, -0.05) is 156 Å². The second kappa shape index (κ2) is 24.2. The second-order valence-corrected chi connectivity index (χ2v) is 18.0. The van der Waals surface area contributed by atoms with E-state index in [-0.39, 0.29) is 0 Å². The minimum absolute atomic E-state index is 1.23. The monoisotopic (exact) mass is 516 g/mol. The highest BCUT2D eigenvalue weighted by Crippen LogP contribution is 2.22. The topological polar surface area (TPSA) is 27.7 Å². The molecule has 0 N–H and O–H groups in total. The lowest BCUT2D eigenvalue weighted by Crippen LogP contribution is -2.48. The van der Waals surface area contributed by atoms with Crippen molar-refractivity contribution in [3.05, 3.63) is 0 Å². The molecule has 0 amide bonds. The molecule has 0 bridgehead atoms. The number of rotatable bonds is 24. The van der Waals surface area contributed by atoms with Gasteiger partial charge in [-0.2, -0.15) is 0 Å². The lowest BCUT2D eigenvalue weighted by atomic mass is 10.1. The van der Waals surface area contributed by atoms with Gasteiger partial charge in [0.05, 0.1) is 0 Å². The molecular weight excluding hydrogens is 457 g/mol. The Morgan fingerprint density at radius 3 is 0.758 bits per heavy atom. The molecule has 0 aromatic carbocycles. The summed E-state index contributed by atoms with van der Waals surface area (Å²) in [5.41, 5.74) is 0. The number of unbranched alkanes of at least 4 members (excludes halogenated alkanes) is 18. The summed E-state index contributed by atoms with van der Waals surface area (Å²) in [5, 5.41) is 0. The molecule has 1 heterocycles. The summed E-state index contributed by atoms with van der Waals surface area (Å²) in [6.45, 7) is 6.89. The van der Waals surface area contributed by atoms with Crippen LogP contribution in [0.4, 0.5) is 0 Å². The van der Waals surface area contributed by atoms with E-state index in [0.717, 1.165) is 0 Å². The summed E-state index contributed by atoms with van der Waals surface area (Å²) in [6.07, 6.45) is 29.0. The summed E-state index contributed by atoms with van der Waals surface area (Å²) in [5.74, 6) is 0. The van der Waals surface area contributed by atoms with Gasteiger partial charge in [0.1, 0.15) is 0 Å². The van der Waals surface area contributed by atoms with Crippen molar-refractivity contribution in [1.82, 2.24) is 0 Å². The zero-order valence-corrected chi connectivity index (χ0v) is 26.4. The first-order valence-electron chi connectivity index (χ1n) is 15.3. The smallest absolute Gasteiger partial charge is 0.303 e. The third kappa shape index (κ3) is 19.4. The highest BCUT2D eigenvalue weighted by Gasteiger charge is 2.33. The van der Waals surface area contributed by atoms with Gasteiger partial charge < -0.3 is 12.3 Å². The van der Waals surface area contributed by atoms with Gasteiger partial charge in [-0.25, -0.2) is 0 Å². The van der Waals surface area contributed by atoms with E-state index in [1.807, 2.05) is 0 Å². The van der Waals surface area contributed by atoms with Crippen LogP contribution in [0.2, 0.25) is 18.1 Å². The molecule has 0 atom stereocenters. The van der Waals surface area contributed by atoms with E-state index in [0.29, 0.717) is 0 Å². The molecule has 1 rings (SSSR count). The maximum absolute atomic E-state index is 6.55. The normalized spacial score (nSPS) is 21.0. The first-order valence-corrected chi connectivity index (χ1v) is 20.5. The fourth-order valence-electron chi connectivity index (χ4n) is 4.82. The Bertz CT molecular complexity index is 338. The molecule has 0 aromatic heterocycles. The highest BCUT2D eigenvalue weighted by molar-refractivity contribution is 6.73. The molecule has 6 heteroatoms. The van der Waals surface area contributed by atoms with Crippen LogP contribution in [0.25, 0.3) is 0 Å². The van der Waals surface area contributed by atoms with E-state index in [1.54, 1.807) is 0 Å². The minimum atomic E-state index is -1.46. The lowest BCUT2D eigenvalue weighted by molar-refractivity contribution is 0.275. The van der Waals surface area contributed by atoms with E-state index in [2.05, 4.69) is 20.8 Å². The molecule has 0 unspecified atom stereocenters. The fourth-order valence-corrected chi connectivity index (χ4v) is 16.5. The third-order valence-corrected chi connectivity index (χ3v) is 17.0. The van der Waals surface area contributed by atoms with Crippen LogP contribution in [-0.4, -0.2) is 27.9 Å². The van der Waals surface area contributed by atoms with Crippen molar-refractivity contribution < 1.29 is 12.3 Å². The van der Waals surface area contributed by atoms with Crippen LogP contribution < -0.4 is 0 Å². The van der Waals surface area contributed by atoms with E-state index >= 15 is 0 Å². The second-order valence-electron chi connectivity index (χ2n) is 10.4. The SMILES string of the molecule is CCCCCCCCC[SiH]1O[SiH](CCCCCCCCC)O[SiH](CCCCCCCCC)O1. The molecule has 1 aliphatic rings. The predicted molar refractivity (Wildman–Crippen MR) is 153 cm³/mol. The highest BCUT2D eigenvalue weighted by atomic mass is 28.5. The maximum atomic E-state index is 6.55. The molecule has 0 spiro atoms.